The van der Waals surface area contributed by atoms with Gasteiger partial charge in [0, 0.05) is 5.82 Å². The van der Waals surface area contributed by atoms with Crippen LogP contribution >= 0.6 is 0 Å². The minimum Gasteiger partial charge on any atom is -0.465 e. The van der Waals surface area contributed by atoms with Crippen molar-refractivity contribution >= 4 is 13.1 Å². The lowest BCUT2D eigenvalue weighted by molar-refractivity contribution is 0.00578. The number of hydrogen-bond donors (Lipinski definition) is 0. The third kappa shape index (κ3) is 2.99. The lowest BCUT2D eigenvalue weighted by Crippen LogP contribution is -2.41. The Kier molecular flexibility index (Phi) is 4.18. The number of hydrogen-bond acceptors (Lipinski definition) is 4. The maximum atomic E-state index is 11.4. The predicted molar refractivity (Wildman–Crippen MR) is 82.3 cm³/mol. The van der Waals surface area contributed by atoms with Crippen molar-refractivity contribution in [2.45, 2.75) is 51.6 Å². The van der Waals surface area contributed by atoms with Crippen molar-refractivity contribution in [3.8, 4) is 0 Å². The Morgan fingerprint density at radius 1 is 1.10 bits per heavy atom. The van der Waals surface area contributed by atoms with Crippen molar-refractivity contribution in [1.82, 2.24) is 0 Å². The van der Waals surface area contributed by atoms with Crippen LogP contribution in [-0.4, -0.2) is 31.4 Å². The number of rotatable bonds is 3. The summed E-state index contributed by atoms with van der Waals surface area (Å²) in [7, 11) is 1.09. The zero-order valence-electron chi connectivity index (χ0n) is 13.6. The fourth-order valence-corrected chi connectivity index (χ4v) is 2.29. The Bertz CT molecular complexity index is 506. The largest absolute Gasteiger partial charge is 0.465 e. The summed E-state index contributed by atoms with van der Waals surface area (Å²) in [6, 6.07) is 7.37. The summed E-state index contributed by atoms with van der Waals surface area (Å²) in [5.41, 5.74) is 0.944. The molecule has 1 atom stereocenters. The summed E-state index contributed by atoms with van der Waals surface area (Å²) in [6.45, 7) is 10.2. The zero-order valence-corrected chi connectivity index (χ0v) is 13.6. The molecule has 0 aliphatic carbocycles. The van der Waals surface area contributed by atoms with Crippen LogP contribution in [0.2, 0.25) is 0 Å². The van der Waals surface area contributed by atoms with E-state index < -0.39 is 0 Å². The first-order chi connectivity index (χ1) is 9.68. The second-order valence-corrected chi connectivity index (χ2v) is 6.53. The van der Waals surface area contributed by atoms with Crippen molar-refractivity contribution in [1.29, 1.82) is 0 Å². The minimum absolute atomic E-state index is 0.0812. The molecule has 1 saturated heterocycles. The number of esters is 1. The van der Waals surface area contributed by atoms with Crippen molar-refractivity contribution in [2.24, 2.45) is 0 Å². The van der Waals surface area contributed by atoms with Gasteiger partial charge in [0.2, 0.25) is 0 Å². The van der Waals surface area contributed by atoms with Gasteiger partial charge in [0.25, 0.3) is 0 Å². The molecule has 0 aromatic heterocycles. The van der Waals surface area contributed by atoms with Crippen molar-refractivity contribution in [2.75, 3.05) is 7.11 Å². The normalized spacial score (nSPS) is 21.1. The van der Waals surface area contributed by atoms with Crippen molar-refractivity contribution < 1.29 is 18.8 Å². The minimum atomic E-state index is -0.335. The molecule has 0 N–H and O–H groups in total. The molecule has 2 rings (SSSR count). The van der Waals surface area contributed by atoms with Crippen LogP contribution in [0.4, 0.5) is 0 Å². The Hall–Kier alpha value is -1.33. The molecule has 1 aliphatic rings. The van der Waals surface area contributed by atoms with Crippen molar-refractivity contribution in [3.05, 3.63) is 35.4 Å². The van der Waals surface area contributed by atoms with Crippen LogP contribution in [0.15, 0.2) is 24.3 Å². The van der Waals surface area contributed by atoms with Crippen LogP contribution in [0.5, 0.6) is 0 Å². The van der Waals surface area contributed by atoms with E-state index in [0.717, 1.165) is 5.56 Å². The molecule has 0 saturated carbocycles. The highest BCUT2D eigenvalue weighted by Gasteiger charge is 2.52. The highest BCUT2D eigenvalue weighted by atomic mass is 16.7. The van der Waals surface area contributed by atoms with E-state index in [0.29, 0.717) is 5.56 Å². The van der Waals surface area contributed by atoms with E-state index in [1.807, 2.05) is 39.8 Å². The Balaban J connectivity index is 2.14. The lowest BCUT2D eigenvalue weighted by atomic mass is 9.69. The molecule has 0 bridgehead atoms. The van der Waals surface area contributed by atoms with Crippen LogP contribution in [0, 0.1) is 0 Å². The van der Waals surface area contributed by atoms with Gasteiger partial charge in [-0.3, -0.25) is 0 Å². The van der Waals surface area contributed by atoms with Gasteiger partial charge in [-0.2, -0.15) is 0 Å². The van der Waals surface area contributed by atoms with Gasteiger partial charge in [0.1, 0.15) is 0 Å². The monoisotopic (exact) mass is 290 g/mol. The molecular weight excluding hydrogens is 267 g/mol. The smallest absolute Gasteiger partial charge is 0.465 e. The molecule has 21 heavy (non-hydrogen) atoms. The Morgan fingerprint density at radius 3 is 2.00 bits per heavy atom. The standard InChI is InChI=1S/C16H23BO4/c1-11(17-20-15(2,3)16(4,5)21-17)12-7-9-13(10-8-12)14(18)19-6/h7-11H,1-6H3. The third-order valence-electron chi connectivity index (χ3n) is 4.54. The molecule has 0 spiro atoms. The van der Waals surface area contributed by atoms with Gasteiger partial charge in [0.15, 0.2) is 0 Å². The maximum Gasteiger partial charge on any atom is 0.465 e. The van der Waals surface area contributed by atoms with E-state index in [9.17, 15) is 4.79 Å². The molecule has 1 aliphatic heterocycles. The highest BCUT2D eigenvalue weighted by molar-refractivity contribution is 6.47. The summed E-state index contributed by atoms with van der Waals surface area (Å²) >= 11 is 0. The third-order valence-corrected chi connectivity index (χ3v) is 4.54. The van der Waals surface area contributed by atoms with E-state index >= 15 is 0 Å². The highest BCUT2D eigenvalue weighted by Crippen LogP contribution is 2.40. The number of carbonyl (C=O) groups excluding carboxylic acids is 1. The number of ether oxygens (including phenoxy) is 1. The van der Waals surface area contributed by atoms with Crippen LogP contribution in [-0.2, 0) is 14.0 Å². The van der Waals surface area contributed by atoms with E-state index in [4.69, 9.17) is 14.0 Å². The Labute approximate surface area is 126 Å². The van der Waals surface area contributed by atoms with E-state index in [1.54, 1.807) is 12.1 Å². The summed E-state index contributed by atoms with van der Waals surface area (Å²) in [5, 5.41) is 0. The van der Waals surface area contributed by atoms with Crippen molar-refractivity contribution in [3.63, 3.8) is 0 Å². The van der Waals surface area contributed by atoms with E-state index in [2.05, 4.69) is 6.92 Å². The molecule has 4 nitrogen and oxygen atoms in total. The van der Waals surface area contributed by atoms with Gasteiger partial charge in [-0.1, -0.05) is 19.1 Å². The number of carbonyl (C=O) groups is 1. The summed E-state index contributed by atoms with van der Waals surface area (Å²) < 4.78 is 16.8. The molecule has 1 aromatic carbocycles. The SMILES string of the molecule is COC(=O)c1ccc(C(C)B2OC(C)(C)C(C)(C)O2)cc1. The first-order valence-corrected chi connectivity index (χ1v) is 7.22. The summed E-state index contributed by atoms with van der Waals surface area (Å²) in [6.07, 6.45) is 0. The van der Waals surface area contributed by atoms with Gasteiger partial charge in [-0.05, 0) is 45.4 Å². The first-order valence-electron chi connectivity index (χ1n) is 7.22. The number of benzene rings is 1. The number of methoxy groups -OCH3 is 1. The average Bonchev–Trinajstić information content (AvgIpc) is 2.66. The molecule has 1 fully saturated rings. The molecule has 1 unspecified atom stereocenters. The summed E-state index contributed by atoms with van der Waals surface area (Å²) in [5.74, 6) is -0.248. The molecule has 5 heteroatoms. The molecule has 1 aromatic rings. The van der Waals surface area contributed by atoms with Crippen LogP contribution in [0.3, 0.4) is 0 Å². The molecular formula is C16H23BO4. The quantitative estimate of drug-likeness (QED) is 0.633. The van der Waals surface area contributed by atoms with E-state index in [1.165, 1.54) is 7.11 Å². The topological polar surface area (TPSA) is 44.8 Å². The molecule has 0 radical (unpaired) electrons. The predicted octanol–water partition coefficient (Wildman–Crippen LogP) is 3.21. The van der Waals surface area contributed by atoms with Gasteiger partial charge in [-0.25, -0.2) is 4.79 Å². The zero-order chi connectivity index (χ0) is 15.8. The molecule has 0 amide bonds. The second-order valence-electron chi connectivity index (χ2n) is 6.53. The maximum absolute atomic E-state index is 11.4. The molecule has 1 heterocycles. The lowest BCUT2D eigenvalue weighted by Gasteiger charge is -2.32. The van der Waals surface area contributed by atoms with Gasteiger partial charge in [-0.15, -0.1) is 0 Å². The van der Waals surface area contributed by atoms with Gasteiger partial charge in [0.05, 0.1) is 23.9 Å². The second kappa shape index (κ2) is 5.46. The van der Waals surface area contributed by atoms with Gasteiger partial charge < -0.3 is 14.0 Å². The van der Waals surface area contributed by atoms with E-state index in [-0.39, 0.29) is 30.1 Å². The van der Waals surface area contributed by atoms with Crippen LogP contribution in [0.25, 0.3) is 0 Å². The van der Waals surface area contributed by atoms with Gasteiger partial charge >= 0.3 is 13.1 Å². The summed E-state index contributed by atoms with van der Waals surface area (Å²) in [4.78, 5) is 11.4. The Morgan fingerprint density at radius 2 is 1.57 bits per heavy atom. The van der Waals surface area contributed by atoms with Crippen LogP contribution < -0.4 is 0 Å². The molecule has 114 valence electrons. The average molecular weight is 290 g/mol. The van der Waals surface area contributed by atoms with Crippen LogP contribution in [0.1, 0.15) is 56.4 Å². The fourth-order valence-electron chi connectivity index (χ4n) is 2.29. The first kappa shape index (κ1) is 16.1. The fraction of sp³-hybridized carbons (Fsp3) is 0.562.